The molecular formula is C43H31NO. The molecule has 0 saturated carbocycles. The van der Waals surface area contributed by atoms with Crippen molar-refractivity contribution in [2.24, 2.45) is 0 Å². The molecule has 1 aromatic heterocycles. The second-order valence-electron chi connectivity index (χ2n) is 12.6. The van der Waals surface area contributed by atoms with E-state index in [1.54, 1.807) is 0 Å². The summed E-state index contributed by atoms with van der Waals surface area (Å²) in [6, 6.07) is 54.7. The van der Waals surface area contributed by atoms with Crippen LogP contribution < -0.4 is 4.90 Å². The molecule has 0 saturated heterocycles. The number of furan rings is 1. The SMILES string of the molecule is CC1(C)c2ccccc2-c2ccc3cccc(N(c4ccc(-c5ccccc5)cc4)c4ccc5oc6ccccc6c5c4)c3c21. The Bertz CT molecular complexity index is 2400. The fourth-order valence-corrected chi connectivity index (χ4v) is 7.53. The molecule has 0 radical (unpaired) electrons. The van der Waals surface area contributed by atoms with E-state index < -0.39 is 0 Å². The molecule has 1 heterocycles. The van der Waals surface area contributed by atoms with Gasteiger partial charge in [-0.05, 0) is 81.2 Å². The maximum atomic E-state index is 6.24. The molecular weight excluding hydrogens is 546 g/mol. The smallest absolute Gasteiger partial charge is 0.135 e. The first-order chi connectivity index (χ1) is 22.1. The Morgan fingerprint density at radius 1 is 0.511 bits per heavy atom. The lowest BCUT2D eigenvalue weighted by Crippen LogP contribution is -2.17. The van der Waals surface area contributed by atoms with Crippen molar-refractivity contribution in [3.05, 3.63) is 163 Å². The lowest BCUT2D eigenvalue weighted by Gasteiger charge is -2.30. The molecule has 2 nitrogen and oxygen atoms in total. The number of benzene rings is 7. The third-order valence-corrected chi connectivity index (χ3v) is 9.63. The molecule has 45 heavy (non-hydrogen) atoms. The van der Waals surface area contributed by atoms with Gasteiger partial charge >= 0.3 is 0 Å². The molecule has 0 N–H and O–H groups in total. The highest BCUT2D eigenvalue weighted by Gasteiger charge is 2.37. The Morgan fingerprint density at radius 2 is 1.22 bits per heavy atom. The van der Waals surface area contributed by atoms with Gasteiger partial charge in [0, 0.05) is 32.9 Å². The average molecular weight is 578 g/mol. The van der Waals surface area contributed by atoms with Crippen LogP contribution in [-0.2, 0) is 5.41 Å². The molecule has 214 valence electrons. The molecule has 2 heteroatoms. The molecule has 0 fully saturated rings. The van der Waals surface area contributed by atoms with E-state index >= 15 is 0 Å². The van der Waals surface area contributed by atoms with Crippen molar-refractivity contribution in [2.45, 2.75) is 19.3 Å². The quantitative estimate of drug-likeness (QED) is 0.207. The van der Waals surface area contributed by atoms with Crippen molar-refractivity contribution in [3.8, 4) is 22.3 Å². The first-order valence-electron chi connectivity index (χ1n) is 15.6. The van der Waals surface area contributed by atoms with Crippen LogP contribution in [0.25, 0.3) is 55.0 Å². The van der Waals surface area contributed by atoms with Crippen molar-refractivity contribution < 1.29 is 4.42 Å². The topological polar surface area (TPSA) is 16.4 Å². The standard InChI is InChI=1S/C43H31NO/c1-43(2)37-16-8-6-14-33(37)35-25-21-30-13-10-17-38(41(30)42(35)43)44(31-22-19-29(20-23-31)28-11-4-3-5-12-28)32-24-26-40-36(27-32)34-15-7-9-18-39(34)45-40/h3-27H,1-2H3. The molecule has 0 amide bonds. The molecule has 0 atom stereocenters. The van der Waals surface area contributed by atoms with Crippen LogP contribution in [0.5, 0.6) is 0 Å². The highest BCUT2D eigenvalue weighted by molar-refractivity contribution is 6.09. The van der Waals surface area contributed by atoms with Crippen LogP contribution in [-0.4, -0.2) is 0 Å². The summed E-state index contributed by atoms with van der Waals surface area (Å²) in [5.41, 5.74) is 12.9. The first kappa shape index (κ1) is 25.9. The normalized spacial score (nSPS) is 13.3. The zero-order chi connectivity index (χ0) is 30.1. The number of hydrogen-bond acceptors (Lipinski definition) is 2. The van der Waals surface area contributed by atoms with E-state index in [0.29, 0.717) is 0 Å². The fourth-order valence-electron chi connectivity index (χ4n) is 7.53. The van der Waals surface area contributed by atoms with Crippen LogP contribution in [0.2, 0.25) is 0 Å². The van der Waals surface area contributed by atoms with Crippen LogP contribution in [0.4, 0.5) is 17.1 Å². The maximum Gasteiger partial charge on any atom is 0.135 e. The lowest BCUT2D eigenvalue weighted by atomic mass is 9.79. The highest BCUT2D eigenvalue weighted by Crippen LogP contribution is 2.54. The van der Waals surface area contributed by atoms with E-state index in [9.17, 15) is 0 Å². The van der Waals surface area contributed by atoms with Crippen LogP contribution >= 0.6 is 0 Å². The Balaban J connectivity index is 1.32. The number of rotatable bonds is 4. The molecule has 1 aliphatic rings. The number of hydrogen-bond donors (Lipinski definition) is 0. The number of nitrogens with zero attached hydrogens (tertiary/aromatic N) is 1. The molecule has 9 rings (SSSR count). The second-order valence-corrected chi connectivity index (χ2v) is 12.6. The Labute approximate surface area is 262 Å². The van der Waals surface area contributed by atoms with Crippen LogP contribution in [0, 0.1) is 0 Å². The molecule has 0 aliphatic heterocycles. The Morgan fingerprint density at radius 3 is 2.09 bits per heavy atom. The summed E-state index contributed by atoms with van der Waals surface area (Å²) in [5.74, 6) is 0. The summed E-state index contributed by atoms with van der Waals surface area (Å²) < 4.78 is 6.24. The second kappa shape index (κ2) is 9.70. The van der Waals surface area contributed by atoms with Crippen LogP contribution in [0.1, 0.15) is 25.0 Å². The van der Waals surface area contributed by atoms with E-state index in [1.807, 2.05) is 12.1 Å². The average Bonchev–Trinajstić information content (AvgIpc) is 3.57. The minimum atomic E-state index is -0.144. The predicted octanol–water partition coefficient (Wildman–Crippen LogP) is 12.2. The third-order valence-electron chi connectivity index (χ3n) is 9.63. The fraction of sp³-hybridized carbons (Fsp3) is 0.0698. The first-order valence-corrected chi connectivity index (χ1v) is 15.6. The van der Waals surface area contributed by atoms with Gasteiger partial charge in [-0.1, -0.05) is 123 Å². The summed E-state index contributed by atoms with van der Waals surface area (Å²) in [5, 5.41) is 4.78. The molecule has 7 aromatic carbocycles. The number of anilines is 3. The summed E-state index contributed by atoms with van der Waals surface area (Å²) in [4.78, 5) is 2.43. The van der Waals surface area contributed by atoms with E-state index in [2.05, 4.69) is 158 Å². The van der Waals surface area contributed by atoms with Gasteiger partial charge in [0.2, 0.25) is 0 Å². The van der Waals surface area contributed by atoms with E-state index in [4.69, 9.17) is 4.42 Å². The summed E-state index contributed by atoms with van der Waals surface area (Å²) in [7, 11) is 0. The maximum absolute atomic E-state index is 6.24. The van der Waals surface area contributed by atoms with Gasteiger partial charge < -0.3 is 9.32 Å². The highest BCUT2D eigenvalue weighted by atomic mass is 16.3. The largest absolute Gasteiger partial charge is 0.456 e. The zero-order valence-corrected chi connectivity index (χ0v) is 25.3. The number of para-hydroxylation sites is 1. The van der Waals surface area contributed by atoms with Crippen molar-refractivity contribution in [1.82, 2.24) is 0 Å². The van der Waals surface area contributed by atoms with Gasteiger partial charge in [-0.15, -0.1) is 0 Å². The Kier molecular flexibility index (Phi) is 5.58. The summed E-state index contributed by atoms with van der Waals surface area (Å²) in [6.07, 6.45) is 0. The third kappa shape index (κ3) is 3.89. The molecule has 0 bridgehead atoms. The van der Waals surface area contributed by atoms with E-state index in [1.165, 1.54) is 49.8 Å². The van der Waals surface area contributed by atoms with Gasteiger partial charge in [0.15, 0.2) is 0 Å². The van der Waals surface area contributed by atoms with Gasteiger partial charge in [-0.2, -0.15) is 0 Å². The van der Waals surface area contributed by atoms with Gasteiger partial charge in [0.05, 0.1) is 5.69 Å². The number of fused-ring (bicyclic) bond motifs is 8. The monoisotopic (exact) mass is 577 g/mol. The van der Waals surface area contributed by atoms with E-state index in [-0.39, 0.29) is 5.41 Å². The minimum Gasteiger partial charge on any atom is -0.456 e. The molecule has 8 aromatic rings. The minimum absolute atomic E-state index is 0.144. The van der Waals surface area contributed by atoms with Crippen LogP contribution in [0.15, 0.2) is 156 Å². The van der Waals surface area contributed by atoms with Crippen molar-refractivity contribution >= 4 is 49.8 Å². The van der Waals surface area contributed by atoms with E-state index in [0.717, 1.165) is 33.3 Å². The molecule has 0 unspecified atom stereocenters. The summed E-state index contributed by atoms with van der Waals surface area (Å²) in [6.45, 7) is 4.74. The van der Waals surface area contributed by atoms with Crippen molar-refractivity contribution in [1.29, 1.82) is 0 Å². The Hall–Kier alpha value is -5.60. The van der Waals surface area contributed by atoms with Gasteiger partial charge in [-0.25, -0.2) is 0 Å². The zero-order valence-electron chi connectivity index (χ0n) is 25.3. The molecule has 1 aliphatic carbocycles. The van der Waals surface area contributed by atoms with Gasteiger partial charge in [-0.3, -0.25) is 0 Å². The van der Waals surface area contributed by atoms with Crippen molar-refractivity contribution in [2.75, 3.05) is 4.90 Å². The van der Waals surface area contributed by atoms with Gasteiger partial charge in [0.25, 0.3) is 0 Å². The van der Waals surface area contributed by atoms with Crippen LogP contribution in [0.3, 0.4) is 0 Å². The van der Waals surface area contributed by atoms with Crippen molar-refractivity contribution in [3.63, 3.8) is 0 Å². The van der Waals surface area contributed by atoms with Gasteiger partial charge in [0.1, 0.15) is 11.2 Å². The summed E-state index contributed by atoms with van der Waals surface area (Å²) >= 11 is 0. The predicted molar refractivity (Wildman–Crippen MR) is 189 cm³/mol. The lowest BCUT2D eigenvalue weighted by molar-refractivity contribution is 0.666. The molecule has 0 spiro atoms.